The van der Waals surface area contributed by atoms with Crippen molar-refractivity contribution in [2.75, 3.05) is 43.2 Å². The number of nitrogens with one attached hydrogen (secondary N) is 1. The summed E-state index contributed by atoms with van der Waals surface area (Å²) in [6, 6.07) is 9.29. The monoisotopic (exact) mass is 649 g/mol. The molecule has 0 fully saturated rings. The molecule has 1 aliphatic rings. The highest BCUT2D eigenvalue weighted by Gasteiger charge is 2.36. The maximum absolute atomic E-state index is 13.9. The van der Waals surface area contributed by atoms with Crippen LogP contribution < -0.4 is 19.9 Å². The summed E-state index contributed by atoms with van der Waals surface area (Å²) in [6.07, 6.45) is 0.776. The molecule has 1 aliphatic heterocycles. The lowest BCUT2D eigenvalue weighted by atomic mass is 9.98. The van der Waals surface area contributed by atoms with E-state index in [2.05, 4.69) is 5.32 Å². The van der Waals surface area contributed by atoms with Crippen molar-refractivity contribution in [3.8, 4) is 5.75 Å². The summed E-state index contributed by atoms with van der Waals surface area (Å²) in [4.78, 5) is 77.1. The topological polar surface area (TPSA) is 171 Å². The Hall–Kier alpha value is -4.00. The number of rotatable bonds is 15. The van der Waals surface area contributed by atoms with Crippen LogP contribution in [0.4, 0.5) is 11.4 Å². The van der Waals surface area contributed by atoms with Gasteiger partial charge in [0, 0.05) is 31.0 Å². The molecule has 0 unspecified atom stereocenters. The SMILES string of the molecule is COc1c(Cl)cc(C(=O)NCC[C@H]2CN(C(=O)CO)c3ccccc3N(CC(=O)CCC[C@H](C=O)CC(=O)O)C2=O)cc1Cl. The Morgan fingerprint density at radius 2 is 1.80 bits per heavy atom. The molecule has 14 heteroatoms. The highest BCUT2D eigenvalue weighted by Crippen LogP contribution is 2.36. The minimum Gasteiger partial charge on any atom is -0.494 e. The zero-order valence-electron chi connectivity index (χ0n) is 24.0. The molecule has 2 aromatic carbocycles. The Labute approximate surface area is 263 Å². The first-order chi connectivity index (χ1) is 21.0. The van der Waals surface area contributed by atoms with E-state index in [-0.39, 0.29) is 78.9 Å². The molecule has 44 heavy (non-hydrogen) atoms. The molecule has 0 spiro atoms. The van der Waals surface area contributed by atoms with Crippen molar-refractivity contribution in [3.63, 3.8) is 0 Å². The lowest BCUT2D eigenvalue weighted by molar-refractivity contribution is -0.139. The van der Waals surface area contributed by atoms with Crippen LogP contribution in [0.1, 0.15) is 42.5 Å². The van der Waals surface area contributed by atoms with Gasteiger partial charge in [-0.05, 0) is 43.5 Å². The number of carbonyl (C=O) groups is 6. The van der Waals surface area contributed by atoms with Gasteiger partial charge in [0.05, 0.1) is 47.4 Å². The number of aliphatic hydroxyl groups is 1. The maximum atomic E-state index is 13.9. The number of aliphatic hydroxyl groups excluding tert-OH is 1. The molecule has 0 aliphatic carbocycles. The van der Waals surface area contributed by atoms with E-state index in [0.717, 1.165) is 0 Å². The van der Waals surface area contributed by atoms with Gasteiger partial charge in [-0.25, -0.2) is 0 Å². The summed E-state index contributed by atoms with van der Waals surface area (Å²) in [5.74, 6) is -4.40. The third-order valence-electron chi connectivity index (χ3n) is 7.16. The number of anilines is 2. The Bertz CT molecular complexity index is 1390. The first-order valence-corrected chi connectivity index (χ1v) is 14.6. The molecule has 12 nitrogen and oxygen atoms in total. The number of hydrogen-bond acceptors (Lipinski definition) is 8. The van der Waals surface area contributed by atoms with Crippen LogP contribution in [0.25, 0.3) is 0 Å². The van der Waals surface area contributed by atoms with E-state index < -0.39 is 42.1 Å². The van der Waals surface area contributed by atoms with E-state index >= 15 is 0 Å². The number of carbonyl (C=O) groups excluding carboxylic acids is 5. The van der Waals surface area contributed by atoms with E-state index in [4.69, 9.17) is 33.0 Å². The predicted molar refractivity (Wildman–Crippen MR) is 162 cm³/mol. The average molecular weight is 651 g/mol. The predicted octanol–water partition coefficient (Wildman–Crippen LogP) is 3.14. The second kappa shape index (κ2) is 16.2. The number of benzene rings is 2. The van der Waals surface area contributed by atoms with Crippen molar-refractivity contribution < 1.29 is 43.7 Å². The molecule has 2 aromatic rings. The van der Waals surface area contributed by atoms with E-state index in [1.165, 1.54) is 29.0 Å². The number of fused-ring (bicyclic) bond motifs is 1. The molecule has 0 aromatic heterocycles. The number of ketones is 1. The van der Waals surface area contributed by atoms with Gasteiger partial charge < -0.3 is 34.9 Å². The molecule has 236 valence electrons. The number of carboxylic acids is 1. The molecule has 0 saturated heterocycles. The summed E-state index contributed by atoms with van der Waals surface area (Å²) in [7, 11) is 1.39. The van der Waals surface area contributed by atoms with Crippen molar-refractivity contribution in [2.24, 2.45) is 11.8 Å². The van der Waals surface area contributed by atoms with Crippen LogP contribution in [-0.4, -0.2) is 79.3 Å². The van der Waals surface area contributed by atoms with Crippen LogP contribution in [-0.2, 0) is 24.0 Å². The van der Waals surface area contributed by atoms with Gasteiger partial charge in [-0.1, -0.05) is 35.3 Å². The van der Waals surface area contributed by atoms with Crippen molar-refractivity contribution in [1.82, 2.24) is 5.32 Å². The van der Waals surface area contributed by atoms with Gasteiger partial charge in [0.15, 0.2) is 11.5 Å². The van der Waals surface area contributed by atoms with Gasteiger partial charge in [-0.15, -0.1) is 0 Å². The number of hydrogen-bond donors (Lipinski definition) is 3. The Balaban J connectivity index is 1.77. The van der Waals surface area contributed by atoms with Gasteiger partial charge >= 0.3 is 5.97 Å². The fourth-order valence-corrected chi connectivity index (χ4v) is 5.60. The summed E-state index contributed by atoms with van der Waals surface area (Å²) < 4.78 is 5.10. The second-order valence-electron chi connectivity index (χ2n) is 10.2. The van der Waals surface area contributed by atoms with Crippen LogP contribution in [0.15, 0.2) is 36.4 Å². The summed E-state index contributed by atoms with van der Waals surface area (Å²) in [5, 5.41) is 21.6. The molecule has 3 rings (SSSR count). The van der Waals surface area contributed by atoms with Gasteiger partial charge in [-0.2, -0.15) is 0 Å². The van der Waals surface area contributed by atoms with Crippen molar-refractivity contribution in [1.29, 1.82) is 0 Å². The smallest absolute Gasteiger partial charge is 0.304 e. The second-order valence-corrected chi connectivity index (χ2v) is 11.0. The molecule has 2 atom stereocenters. The fourth-order valence-electron chi connectivity index (χ4n) is 4.96. The number of aldehydes is 1. The lowest BCUT2D eigenvalue weighted by Crippen LogP contribution is -2.43. The van der Waals surface area contributed by atoms with Crippen molar-refractivity contribution in [3.05, 3.63) is 52.0 Å². The van der Waals surface area contributed by atoms with Gasteiger partial charge in [0.1, 0.15) is 12.9 Å². The van der Waals surface area contributed by atoms with Gasteiger partial charge in [0.2, 0.25) is 5.91 Å². The van der Waals surface area contributed by atoms with Gasteiger partial charge in [-0.3, -0.25) is 24.0 Å². The lowest BCUT2D eigenvalue weighted by Gasteiger charge is -2.25. The van der Waals surface area contributed by atoms with E-state index in [9.17, 15) is 33.9 Å². The largest absolute Gasteiger partial charge is 0.494 e. The zero-order chi connectivity index (χ0) is 32.4. The first kappa shape index (κ1) is 34.5. The van der Waals surface area contributed by atoms with Crippen LogP contribution in [0.3, 0.4) is 0 Å². The number of carboxylic acid groups (broad SMARTS) is 1. The number of nitrogens with zero attached hydrogens (tertiary/aromatic N) is 2. The average Bonchev–Trinajstić information content (AvgIpc) is 3.10. The van der Waals surface area contributed by atoms with E-state index in [1.54, 1.807) is 24.3 Å². The first-order valence-electron chi connectivity index (χ1n) is 13.8. The molecule has 0 bridgehead atoms. The number of ether oxygens (including phenoxy) is 1. The molecule has 0 saturated carbocycles. The highest BCUT2D eigenvalue weighted by molar-refractivity contribution is 6.37. The number of aliphatic carboxylic acids is 1. The minimum absolute atomic E-state index is 0.00287. The normalized spacial score (nSPS) is 15.2. The Morgan fingerprint density at radius 3 is 2.39 bits per heavy atom. The number of halogens is 2. The molecular formula is C30H33Cl2N3O9. The number of Topliss-reactive ketones (excluding diaryl/α,β-unsaturated/α-hetero) is 1. The van der Waals surface area contributed by atoms with Crippen LogP contribution >= 0.6 is 23.2 Å². The van der Waals surface area contributed by atoms with E-state index in [1.807, 2.05) is 0 Å². The van der Waals surface area contributed by atoms with Crippen LogP contribution in [0, 0.1) is 11.8 Å². The van der Waals surface area contributed by atoms with Crippen LogP contribution in [0.2, 0.25) is 10.0 Å². The quantitative estimate of drug-likeness (QED) is 0.245. The van der Waals surface area contributed by atoms with Crippen LogP contribution in [0.5, 0.6) is 5.75 Å². The highest BCUT2D eigenvalue weighted by atomic mass is 35.5. The summed E-state index contributed by atoms with van der Waals surface area (Å²) in [5.41, 5.74) is 0.812. The molecule has 3 N–H and O–H groups in total. The Morgan fingerprint density at radius 1 is 1.14 bits per heavy atom. The van der Waals surface area contributed by atoms with Gasteiger partial charge in [0.25, 0.3) is 11.8 Å². The maximum Gasteiger partial charge on any atom is 0.304 e. The zero-order valence-corrected chi connectivity index (χ0v) is 25.5. The number of methoxy groups -OCH3 is 1. The third kappa shape index (κ3) is 8.77. The van der Waals surface area contributed by atoms with Crippen molar-refractivity contribution >= 4 is 70.3 Å². The molecule has 0 radical (unpaired) electrons. The summed E-state index contributed by atoms with van der Waals surface area (Å²) >= 11 is 12.3. The Kier molecular flexibility index (Phi) is 12.7. The fraction of sp³-hybridized carbons (Fsp3) is 0.400. The minimum atomic E-state index is -1.11. The third-order valence-corrected chi connectivity index (χ3v) is 7.72. The molecule has 3 amide bonds. The molecular weight excluding hydrogens is 617 g/mol. The number of para-hydroxylation sites is 2. The number of amides is 3. The molecule has 1 heterocycles. The van der Waals surface area contributed by atoms with Crippen molar-refractivity contribution in [2.45, 2.75) is 32.1 Å². The summed E-state index contributed by atoms with van der Waals surface area (Å²) in [6.45, 7) is -1.22. The standard InChI is InChI=1S/C30H33Cl2N3O9/c1-44-28-22(31)12-20(13-23(28)32)29(42)33-10-9-19-14-34(26(39)17-37)24-7-2-3-8-25(24)35(30(19)43)15-21(38)6-4-5-18(16-36)11-27(40)41/h2-3,7-8,12-13,16,18-19,37H,4-6,9-11,14-15,17H2,1H3,(H,33,42)(H,40,41)/t18-,19-/m0/s1. The van der Waals surface area contributed by atoms with E-state index in [0.29, 0.717) is 17.7 Å².